The summed E-state index contributed by atoms with van der Waals surface area (Å²) < 4.78 is 11.3. The van der Waals surface area contributed by atoms with Gasteiger partial charge in [-0.15, -0.1) is 0 Å². The van der Waals surface area contributed by atoms with Crippen LogP contribution in [-0.2, 0) is 11.2 Å². The van der Waals surface area contributed by atoms with Crippen molar-refractivity contribution in [2.75, 3.05) is 41.0 Å². The smallest absolute Gasteiger partial charge is 0.160 e. The second-order valence-electron chi connectivity index (χ2n) is 9.74. The average Bonchev–Trinajstić information content (AvgIpc) is 3.03. The van der Waals surface area contributed by atoms with Crippen LogP contribution < -0.4 is 4.74 Å². The predicted molar refractivity (Wildman–Crippen MR) is 117 cm³/mol. The minimum absolute atomic E-state index is 0.283. The van der Waals surface area contributed by atoms with Gasteiger partial charge in [-0.1, -0.05) is 18.6 Å². The topological polar surface area (TPSA) is 41.9 Å². The molecule has 2 fully saturated rings. The third-order valence-electron chi connectivity index (χ3n) is 8.00. The summed E-state index contributed by atoms with van der Waals surface area (Å²) >= 11 is 0. The van der Waals surface area contributed by atoms with E-state index in [-0.39, 0.29) is 5.75 Å². The van der Waals surface area contributed by atoms with E-state index in [1.807, 2.05) is 6.07 Å². The highest BCUT2D eigenvalue weighted by atomic mass is 16.5. The molecule has 4 rings (SSSR count). The number of hydrogen-bond donors (Lipinski definition) is 1. The highest BCUT2D eigenvalue weighted by molar-refractivity contribution is 5.49. The molecule has 0 bridgehead atoms. The Morgan fingerprint density at radius 2 is 2.03 bits per heavy atom. The largest absolute Gasteiger partial charge is 0.504 e. The number of fused-ring (bicyclic) bond motifs is 5. The summed E-state index contributed by atoms with van der Waals surface area (Å²) in [5, 5.41) is 10.2. The van der Waals surface area contributed by atoms with Gasteiger partial charge in [0, 0.05) is 6.54 Å². The van der Waals surface area contributed by atoms with Gasteiger partial charge in [-0.2, -0.15) is 0 Å². The molecule has 4 atom stereocenters. The number of aryl methyl sites for hydroxylation is 1. The Morgan fingerprint density at radius 3 is 2.79 bits per heavy atom. The van der Waals surface area contributed by atoms with Gasteiger partial charge in [0.1, 0.15) is 0 Å². The second kappa shape index (κ2) is 8.31. The van der Waals surface area contributed by atoms with Gasteiger partial charge in [0.15, 0.2) is 11.5 Å². The summed E-state index contributed by atoms with van der Waals surface area (Å²) in [6.45, 7) is 5.04. The summed E-state index contributed by atoms with van der Waals surface area (Å²) in [7, 11) is 5.82. The first-order valence-corrected chi connectivity index (χ1v) is 11.3. The first-order chi connectivity index (χ1) is 13.9. The monoisotopic (exact) mass is 399 g/mol. The third kappa shape index (κ3) is 3.82. The number of allylic oxidation sites excluding steroid dienone is 1. The van der Waals surface area contributed by atoms with Crippen molar-refractivity contribution in [3.63, 3.8) is 0 Å². The van der Waals surface area contributed by atoms with Crippen molar-refractivity contribution < 1.29 is 14.6 Å². The minimum atomic E-state index is 0.283. The third-order valence-corrected chi connectivity index (χ3v) is 8.00. The lowest BCUT2D eigenvalue weighted by Crippen LogP contribution is -2.40. The first-order valence-electron chi connectivity index (χ1n) is 11.3. The molecule has 0 aliphatic heterocycles. The van der Waals surface area contributed by atoms with Crippen LogP contribution in [0.3, 0.4) is 0 Å². The highest BCUT2D eigenvalue weighted by Gasteiger charge is 2.52. The molecule has 0 aromatic heterocycles. The Hall–Kier alpha value is -1.52. The summed E-state index contributed by atoms with van der Waals surface area (Å²) in [4.78, 5) is 2.16. The Balaban J connectivity index is 1.49. The van der Waals surface area contributed by atoms with Crippen LogP contribution in [-0.4, -0.2) is 51.0 Å². The molecule has 2 saturated carbocycles. The number of benzene rings is 1. The van der Waals surface area contributed by atoms with Gasteiger partial charge in [0.2, 0.25) is 0 Å². The van der Waals surface area contributed by atoms with Gasteiger partial charge in [0.05, 0.1) is 20.3 Å². The maximum atomic E-state index is 10.2. The lowest BCUT2D eigenvalue weighted by molar-refractivity contribution is 0.0800. The van der Waals surface area contributed by atoms with E-state index in [1.54, 1.807) is 12.7 Å². The number of ether oxygens (including phenoxy) is 2. The van der Waals surface area contributed by atoms with Crippen molar-refractivity contribution in [3.05, 3.63) is 34.9 Å². The van der Waals surface area contributed by atoms with Crippen LogP contribution in [0.15, 0.2) is 23.8 Å². The number of methoxy groups -OCH3 is 1. The van der Waals surface area contributed by atoms with Gasteiger partial charge in [-0.05, 0) is 99.0 Å². The fourth-order valence-electron chi connectivity index (χ4n) is 6.42. The molecule has 0 spiro atoms. The normalized spacial score (nSPS) is 32.2. The molecular weight excluding hydrogens is 362 g/mol. The van der Waals surface area contributed by atoms with E-state index in [9.17, 15) is 5.11 Å². The number of hydrogen-bond acceptors (Lipinski definition) is 4. The zero-order valence-corrected chi connectivity index (χ0v) is 18.5. The Bertz CT molecular complexity index is 772. The molecule has 0 heterocycles. The highest BCUT2D eigenvalue weighted by Crippen LogP contribution is 2.63. The van der Waals surface area contributed by atoms with E-state index < -0.39 is 0 Å². The molecule has 4 nitrogen and oxygen atoms in total. The summed E-state index contributed by atoms with van der Waals surface area (Å²) in [5.41, 5.74) is 4.74. The number of aromatic hydroxyl groups is 1. The van der Waals surface area contributed by atoms with Crippen LogP contribution in [0.25, 0.3) is 0 Å². The number of likely N-dealkylation sites (N-methyl/N-ethyl adjacent to an activating group) is 1. The quantitative estimate of drug-likeness (QED) is 0.553. The van der Waals surface area contributed by atoms with E-state index in [0.29, 0.717) is 17.1 Å². The molecule has 3 aliphatic carbocycles. The van der Waals surface area contributed by atoms with Crippen LogP contribution >= 0.6 is 0 Å². The Kier molecular flexibility index (Phi) is 5.94. The molecule has 29 heavy (non-hydrogen) atoms. The van der Waals surface area contributed by atoms with Crippen molar-refractivity contribution in [1.82, 2.24) is 4.90 Å². The molecule has 0 radical (unpaired) electrons. The maximum Gasteiger partial charge on any atom is 0.160 e. The Labute approximate surface area is 175 Å². The first kappa shape index (κ1) is 20.7. The van der Waals surface area contributed by atoms with Crippen molar-refractivity contribution in [2.45, 2.75) is 51.4 Å². The number of nitrogens with zero attached hydrogens (tertiary/aromatic N) is 1. The van der Waals surface area contributed by atoms with Crippen LogP contribution in [0.5, 0.6) is 11.5 Å². The van der Waals surface area contributed by atoms with E-state index in [0.717, 1.165) is 38.0 Å². The fourth-order valence-corrected chi connectivity index (χ4v) is 6.42. The summed E-state index contributed by atoms with van der Waals surface area (Å²) in [6.07, 6.45) is 9.75. The van der Waals surface area contributed by atoms with E-state index in [4.69, 9.17) is 9.47 Å². The molecule has 3 aliphatic rings. The van der Waals surface area contributed by atoms with Gasteiger partial charge in [0.25, 0.3) is 0 Å². The molecule has 160 valence electrons. The molecule has 0 unspecified atom stereocenters. The van der Waals surface area contributed by atoms with Crippen molar-refractivity contribution in [3.8, 4) is 11.5 Å². The molecule has 1 aromatic carbocycles. The SMILES string of the molecule is COc1cc2c(cc1O)CC[C@@H]1[C@@H]2CC[C@]2(C)C(=CCOCCN(C)C)CC[C@@H]12. The predicted octanol–water partition coefficient (Wildman–Crippen LogP) is 4.76. The minimum Gasteiger partial charge on any atom is -0.504 e. The number of rotatable bonds is 6. The van der Waals surface area contributed by atoms with Gasteiger partial charge in [-0.25, -0.2) is 0 Å². The van der Waals surface area contributed by atoms with Crippen molar-refractivity contribution in [2.24, 2.45) is 17.3 Å². The van der Waals surface area contributed by atoms with Crippen LogP contribution in [0, 0.1) is 17.3 Å². The zero-order valence-electron chi connectivity index (χ0n) is 18.5. The van der Waals surface area contributed by atoms with Gasteiger partial charge < -0.3 is 19.5 Å². The number of phenolic OH excluding ortho intramolecular Hbond substituents is 1. The molecule has 1 N–H and O–H groups in total. The van der Waals surface area contributed by atoms with Gasteiger partial charge in [-0.3, -0.25) is 0 Å². The maximum absolute atomic E-state index is 10.2. The summed E-state index contributed by atoms with van der Waals surface area (Å²) in [5.74, 6) is 3.03. The molecule has 0 amide bonds. The Morgan fingerprint density at radius 1 is 1.21 bits per heavy atom. The van der Waals surface area contributed by atoms with Crippen LogP contribution in [0.4, 0.5) is 0 Å². The lowest BCUT2D eigenvalue weighted by Gasteiger charge is -2.49. The average molecular weight is 400 g/mol. The second-order valence-corrected chi connectivity index (χ2v) is 9.74. The van der Waals surface area contributed by atoms with Crippen LogP contribution in [0.2, 0.25) is 0 Å². The van der Waals surface area contributed by atoms with Crippen molar-refractivity contribution in [1.29, 1.82) is 0 Å². The van der Waals surface area contributed by atoms with Crippen molar-refractivity contribution >= 4 is 0 Å². The molecular formula is C25H37NO3. The standard InChI is InChI=1S/C25H37NO3/c1-25-11-9-19-20(7-5-17-15-23(27)24(28-4)16-21(17)19)22(25)8-6-18(25)10-13-29-14-12-26(2)3/h10,15-16,19-20,22,27H,5-9,11-14H2,1-4H3/t19-,20+,22-,25+/m0/s1. The summed E-state index contributed by atoms with van der Waals surface area (Å²) in [6, 6.07) is 4.07. The van der Waals surface area contributed by atoms with E-state index in [1.165, 1.54) is 43.2 Å². The van der Waals surface area contributed by atoms with E-state index >= 15 is 0 Å². The van der Waals surface area contributed by atoms with Crippen LogP contribution in [0.1, 0.15) is 56.1 Å². The number of phenols is 1. The van der Waals surface area contributed by atoms with Gasteiger partial charge >= 0.3 is 0 Å². The lowest BCUT2D eigenvalue weighted by atomic mass is 9.55. The fraction of sp³-hybridized carbons (Fsp3) is 0.680. The van der Waals surface area contributed by atoms with E-state index in [2.05, 4.69) is 38.1 Å². The molecule has 4 heteroatoms. The molecule has 1 aromatic rings. The zero-order chi connectivity index (χ0) is 20.6. The molecule has 0 saturated heterocycles.